The molecule has 0 aromatic rings. The first-order chi connectivity index (χ1) is 8.72. The van der Waals surface area contributed by atoms with E-state index in [-0.39, 0.29) is 12.6 Å². The van der Waals surface area contributed by atoms with E-state index in [0.717, 1.165) is 26.0 Å². The normalized spacial score (nSPS) is 14.1. The second-order valence-electron chi connectivity index (χ2n) is 3.69. The molecule has 1 rings (SSSR count). The van der Waals surface area contributed by atoms with Gasteiger partial charge in [-0.3, -0.25) is 9.79 Å². The number of rotatable bonds is 7. The SMILES string of the molecule is C1=NCCO1.C=CCOC(=O)[C@@H](N)CCCCN. The topological polar surface area (TPSA) is 99.9 Å². The van der Waals surface area contributed by atoms with Crippen LogP contribution in [0.25, 0.3) is 0 Å². The van der Waals surface area contributed by atoms with Gasteiger partial charge < -0.3 is 20.9 Å². The zero-order valence-electron chi connectivity index (χ0n) is 10.7. The summed E-state index contributed by atoms with van der Waals surface area (Å²) in [6, 6.07) is -0.522. The summed E-state index contributed by atoms with van der Waals surface area (Å²) < 4.78 is 9.42. The number of hydrogen-bond acceptors (Lipinski definition) is 6. The van der Waals surface area contributed by atoms with Crippen LogP contribution in [0.15, 0.2) is 17.6 Å². The van der Waals surface area contributed by atoms with E-state index in [1.54, 1.807) is 0 Å². The predicted octanol–water partition coefficient (Wildman–Crippen LogP) is 0.217. The molecule has 0 spiro atoms. The van der Waals surface area contributed by atoms with E-state index in [1.807, 2.05) is 0 Å². The van der Waals surface area contributed by atoms with Crippen molar-refractivity contribution in [3.8, 4) is 0 Å². The number of nitrogens with zero attached hydrogens (tertiary/aromatic N) is 1. The van der Waals surface area contributed by atoms with Crippen molar-refractivity contribution in [2.45, 2.75) is 25.3 Å². The van der Waals surface area contributed by atoms with Crippen LogP contribution in [0.3, 0.4) is 0 Å². The standard InChI is InChI=1S/C9H18N2O2.C3H5NO/c1-2-7-13-9(12)8(11)5-3-4-6-10;1-2-5-3-4-1/h2,8H,1,3-7,10-11H2;3H,1-2H2/t8-;/m0./s1. The molecule has 0 aliphatic carbocycles. The molecule has 4 N–H and O–H groups in total. The molecule has 104 valence electrons. The third kappa shape index (κ3) is 9.80. The highest BCUT2D eigenvalue weighted by molar-refractivity contribution is 5.75. The highest BCUT2D eigenvalue weighted by Gasteiger charge is 2.13. The first-order valence-electron chi connectivity index (χ1n) is 6.05. The lowest BCUT2D eigenvalue weighted by Crippen LogP contribution is -2.32. The first kappa shape index (κ1) is 16.6. The lowest BCUT2D eigenvalue weighted by Gasteiger charge is -2.09. The number of aliphatic imine (C=N–C) groups is 1. The number of carbonyl (C=O) groups is 1. The Kier molecular flexibility index (Phi) is 11.1. The molecule has 0 fully saturated rings. The van der Waals surface area contributed by atoms with Gasteiger partial charge in [-0.05, 0) is 19.4 Å². The maximum absolute atomic E-state index is 11.1. The first-order valence-corrected chi connectivity index (χ1v) is 6.05. The molecule has 0 aromatic carbocycles. The van der Waals surface area contributed by atoms with Gasteiger partial charge in [0.05, 0.1) is 6.54 Å². The van der Waals surface area contributed by atoms with Crippen LogP contribution in [-0.2, 0) is 14.3 Å². The van der Waals surface area contributed by atoms with Crippen molar-refractivity contribution in [2.24, 2.45) is 16.5 Å². The Hall–Kier alpha value is -1.40. The van der Waals surface area contributed by atoms with Crippen molar-refractivity contribution in [2.75, 3.05) is 26.3 Å². The molecule has 0 aromatic heterocycles. The van der Waals surface area contributed by atoms with Crippen LogP contribution in [0.2, 0.25) is 0 Å². The van der Waals surface area contributed by atoms with Gasteiger partial charge in [0.25, 0.3) is 0 Å². The highest BCUT2D eigenvalue weighted by atomic mass is 16.5. The smallest absolute Gasteiger partial charge is 0.323 e. The molecule has 0 unspecified atom stereocenters. The molecule has 1 heterocycles. The van der Waals surface area contributed by atoms with E-state index < -0.39 is 6.04 Å². The van der Waals surface area contributed by atoms with Crippen LogP contribution in [0, 0.1) is 0 Å². The van der Waals surface area contributed by atoms with Gasteiger partial charge in [0, 0.05) is 0 Å². The lowest BCUT2D eigenvalue weighted by molar-refractivity contribution is -0.144. The van der Waals surface area contributed by atoms with E-state index in [0.29, 0.717) is 13.0 Å². The molecular formula is C12H23N3O3. The zero-order chi connectivity index (χ0) is 13.6. The van der Waals surface area contributed by atoms with Gasteiger partial charge in [-0.1, -0.05) is 19.1 Å². The van der Waals surface area contributed by atoms with Crippen molar-refractivity contribution in [3.63, 3.8) is 0 Å². The summed E-state index contributed by atoms with van der Waals surface area (Å²) in [6.45, 7) is 5.92. The summed E-state index contributed by atoms with van der Waals surface area (Å²) in [5.41, 5.74) is 10.8. The Morgan fingerprint density at radius 3 is 2.83 bits per heavy atom. The molecule has 0 amide bonds. The molecule has 0 radical (unpaired) electrons. The Morgan fingerprint density at radius 1 is 1.61 bits per heavy atom. The van der Waals surface area contributed by atoms with E-state index in [9.17, 15) is 4.79 Å². The Labute approximate surface area is 108 Å². The molecule has 6 heteroatoms. The number of carbonyl (C=O) groups excluding carboxylic acids is 1. The molecule has 1 aliphatic rings. The molecule has 1 atom stereocenters. The maximum atomic E-state index is 11.1. The Bertz CT molecular complexity index is 251. The van der Waals surface area contributed by atoms with Gasteiger partial charge >= 0.3 is 5.97 Å². The molecule has 18 heavy (non-hydrogen) atoms. The minimum Gasteiger partial charge on any atom is -0.482 e. The van der Waals surface area contributed by atoms with Crippen molar-refractivity contribution >= 4 is 12.4 Å². The fourth-order valence-corrected chi connectivity index (χ4v) is 1.14. The van der Waals surface area contributed by atoms with Gasteiger partial charge in [-0.15, -0.1) is 0 Å². The van der Waals surface area contributed by atoms with Crippen LogP contribution in [-0.4, -0.2) is 44.7 Å². The van der Waals surface area contributed by atoms with Crippen molar-refractivity contribution in [1.82, 2.24) is 0 Å². The van der Waals surface area contributed by atoms with Gasteiger partial charge in [0.15, 0.2) is 6.40 Å². The van der Waals surface area contributed by atoms with E-state index >= 15 is 0 Å². The zero-order valence-corrected chi connectivity index (χ0v) is 10.7. The van der Waals surface area contributed by atoms with Crippen molar-refractivity contribution < 1.29 is 14.3 Å². The summed E-state index contributed by atoms with van der Waals surface area (Å²) in [7, 11) is 0. The van der Waals surface area contributed by atoms with Crippen LogP contribution < -0.4 is 11.5 Å². The summed E-state index contributed by atoms with van der Waals surface area (Å²) in [6.07, 6.45) is 5.39. The summed E-state index contributed by atoms with van der Waals surface area (Å²) in [5.74, 6) is -0.364. The van der Waals surface area contributed by atoms with Gasteiger partial charge in [-0.25, -0.2) is 0 Å². The highest BCUT2D eigenvalue weighted by Crippen LogP contribution is 1.99. The number of ether oxygens (including phenoxy) is 2. The molecule has 0 saturated heterocycles. The van der Waals surface area contributed by atoms with Crippen LogP contribution in [0.4, 0.5) is 0 Å². The van der Waals surface area contributed by atoms with E-state index in [4.69, 9.17) is 16.2 Å². The predicted molar refractivity (Wildman–Crippen MR) is 71.3 cm³/mol. The molecule has 0 bridgehead atoms. The van der Waals surface area contributed by atoms with Crippen molar-refractivity contribution in [3.05, 3.63) is 12.7 Å². The minimum absolute atomic E-state index is 0.226. The van der Waals surface area contributed by atoms with Crippen LogP contribution >= 0.6 is 0 Å². The third-order valence-electron chi connectivity index (χ3n) is 2.10. The second kappa shape index (κ2) is 12.1. The summed E-state index contributed by atoms with van der Waals surface area (Å²) in [5, 5.41) is 0. The van der Waals surface area contributed by atoms with Crippen LogP contribution in [0.1, 0.15) is 19.3 Å². The van der Waals surface area contributed by atoms with Gasteiger partial charge in [0.2, 0.25) is 0 Å². The maximum Gasteiger partial charge on any atom is 0.323 e. The van der Waals surface area contributed by atoms with E-state index in [1.165, 1.54) is 12.5 Å². The van der Waals surface area contributed by atoms with Crippen LogP contribution in [0.5, 0.6) is 0 Å². The number of esters is 1. The average molecular weight is 257 g/mol. The average Bonchev–Trinajstić information content (AvgIpc) is 2.95. The number of unbranched alkanes of at least 4 members (excludes halogenated alkanes) is 1. The summed E-state index contributed by atoms with van der Waals surface area (Å²) in [4.78, 5) is 14.8. The molecule has 0 saturated carbocycles. The number of nitrogens with two attached hydrogens (primary N) is 2. The van der Waals surface area contributed by atoms with E-state index in [2.05, 4.69) is 16.3 Å². The summed E-state index contributed by atoms with van der Waals surface area (Å²) >= 11 is 0. The minimum atomic E-state index is -0.522. The van der Waals surface area contributed by atoms with Gasteiger partial charge in [-0.2, -0.15) is 0 Å². The monoisotopic (exact) mass is 257 g/mol. The van der Waals surface area contributed by atoms with Gasteiger partial charge in [0.1, 0.15) is 19.3 Å². The fourth-order valence-electron chi connectivity index (χ4n) is 1.14. The quantitative estimate of drug-likeness (QED) is 0.386. The lowest BCUT2D eigenvalue weighted by atomic mass is 10.1. The molecule has 1 aliphatic heterocycles. The molecular weight excluding hydrogens is 234 g/mol. The molecule has 6 nitrogen and oxygen atoms in total. The largest absolute Gasteiger partial charge is 0.482 e. The third-order valence-corrected chi connectivity index (χ3v) is 2.10. The number of hydrogen-bond donors (Lipinski definition) is 2. The Morgan fingerprint density at radius 2 is 2.39 bits per heavy atom. The fraction of sp³-hybridized carbons (Fsp3) is 0.667. The Balaban J connectivity index is 0.000000473. The van der Waals surface area contributed by atoms with Crippen molar-refractivity contribution in [1.29, 1.82) is 0 Å². The second-order valence-corrected chi connectivity index (χ2v) is 3.69.